The number of hydrogen-bond donors (Lipinski definition) is 33. The van der Waals surface area contributed by atoms with E-state index in [4.69, 9.17) is 118 Å². The van der Waals surface area contributed by atoms with Gasteiger partial charge in [-0.25, -0.2) is 0 Å². The fraction of sp³-hybridized carbons (Fsp3) is 0.881. The molecule has 526 valence electrons. The van der Waals surface area contributed by atoms with Crippen molar-refractivity contribution in [2.24, 2.45) is 22.9 Å². The molecule has 0 bridgehead atoms. The summed E-state index contributed by atoms with van der Waals surface area (Å²) in [5.41, 5.74) is 17.0. The maximum atomic E-state index is 12.1. The Balaban J connectivity index is 0.000000408. The lowest BCUT2D eigenvalue weighted by Crippen LogP contribution is -2.73. The number of guanidine groups is 4. The standard InChI is InChI=1S/C21H41N7O12.C21H39N7O12.2H2O4S/c2*1-5-21(36,4-30)16(40-17-9(26-2)13(34)10(31)6(3-29)38-17)18(37-5)39-15-8(28-20(24)25)11(32)7(27-19(22)23)12(33)14(15)35;2*1-5(2,3)4/h5-18,26,29-36H,3-4H2,1-2H3,(H4,22,23,27)(H4,24,25,28);4-18,26,29,31-36H,3H2,1-2H3,(H4,22,23,27)(H4,24,25,28);2*(H2,1,2,3,4)/t2*5-,6-,7+,8-,9-,10-,11+,12-,13-,14+,15+,16-,17-,18-,21+;;/m00../s1. The second kappa shape index (κ2) is 33.1. The second-order valence-corrected chi connectivity index (χ2v) is 22.8. The van der Waals surface area contributed by atoms with Crippen molar-refractivity contribution in [2.75, 3.05) is 33.9 Å². The summed E-state index contributed by atoms with van der Waals surface area (Å²) in [6.07, 6.45) is -34.2. The van der Waals surface area contributed by atoms with E-state index in [0.717, 1.165) is 0 Å². The molecule has 4 heterocycles. The maximum Gasteiger partial charge on any atom is 0.394 e. The highest BCUT2D eigenvalue weighted by atomic mass is 32.3. The molecule has 0 spiro atoms. The third kappa shape index (κ3) is 19.8. The normalized spacial score (nSPS) is 43.5. The van der Waals surface area contributed by atoms with Crippen molar-refractivity contribution in [3.8, 4) is 0 Å². The van der Waals surface area contributed by atoms with Crippen molar-refractivity contribution in [3.63, 3.8) is 0 Å². The first-order valence-corrected chi connectivity index (χ1v) is 29.2. The number of aliphatic hydroxyl groups excluding tert-OH is 13. The first kappa shape index (κ1) is 79.7. The predicted molar refractivity (Wildman–Crippen MR) is 292 cm³/mol. The lowest BCUT2D eigenvalue weighted by Gasteiger charge is -2.47. The largest absolute Gasteiger partial charge is 0.394 e. The molecule has 0 unspecified atom stereocenters. The zero-order chi connectivity index (χ0) is 69.2. The van der Waals surface area contributed by atoms with Crippen LogP contribution in [-0.2, 0) is 63.5 Å². The van der Waals surface area contributed by atoms with Crippen LogP contribution in [0.1, 0.15) is 13.8 Å². The number of carbonyl (C=O) groups excluding carboxylic acids is 1. The number of nitrogens with one attached hydrogen (secondary N) is 10. The van der Waals surface area contributed by atoms with Crippen molar-refractivity contribution in [1.29, 1.82) is 21.6 Å². The number of aliphatic hydroxyl groups is 15. The quantitative estimate of drug-likeness (QED) is 0.0262. The van der Waals surface area contributed by atoms with Gasteiger partial charge in [-0.2, -0.15) is 16.8 Å². The molecule has 48 heteroatoms. The molecule has 4 aliphatic heterocycles. The number of aldehydes is 1. The molecule has 46 nitrogen and oxygen atoms in total. The van der Waals surface area contributed by atoms with Gasteiger partial charge in [-0.1, -0.05) is 0 Å². The molecule has 90 heavy (non-hydrogen) atoms. The number of carbonyl (C=O) groups is 1. The molecule has 6 fully saturated rings. The summed E-state index contributed by atoms with van der Waals surface area (Å²) in [7, 11) is -6.48. The molecule has 0 amide bonds. The SMILES string of the molecule is CN[C@@H]1[C@H](O[C@H]2[C@H](O[C@H]3[C@H](O)[C@@H](O)[C@H](NC(=N)N)[C@@H](O)[C@@H]3NC(=N)N)O[C@@H](C)[C@]2(O)C=O)O[C@@H](CO)[C@H](O)[C@H]1O.CN[C@@H]1[C@H](O[C@H]2[C@H](O[C@H]3[C@H](O)[C@@H](O)[C@H](NC(=N)N)[C@@H](O)[C@@H]3NC(=N)N)O[C@@H](C)[C@]2(O)CO)O[C@@H](CO)[C@H](O)[C@H]1O.O=S(=O)(O)O.O=S(=O)(O)O. The molecule has 37 N–H and O–H groups in total. The Morgan fingerprint density at radius 1 is 0.467 bits per heavy atom. The van der Waals surface area contributed by atoms with Crippen LogP contribution < -0.4 is 54.8 Å². The van der Waals surface area contributed by atoms with Crippen LogP contribution in [0.15, 0.2) is 0 Å². The Morgan fingerprint density at radius 2 is 0.767 bits per heavy atom. The van der Waals surface area contributed by atoms with E-state index < -0.39 is 247 Å². The third-order valence-corrected chi connectivity index (χ3v) is 15.1. The molecule has 0 radical (unpaired) electrons. The number of ether oxygens (including phenoxy) is 8. The zero-order valence-corrected chi connectivity index (χ0v) is 49.4. The Hall–Kier alpha value is -4.51. The van der Waals surface area contributed by atoms with Crippen molar-refractivity contribution in [3.05, 3.63) is 0 Å². The Kier molecular flexibility index (Phi) is 29.3. The van der Waals surface area contributed by atoms with E-state index in [-0.39, 0.29) is 6.29 Å². The number of hydrogen-bond acceptors (Lipinski definition) is 34. The summed E-state index contributed by atoms with van der Waals surface area (Å²) >= 11 is 0. The van der Waals surface area contributed by atoms with E-state index in [1.54, 1.807) is 0 Å². The molecule has 6 rings (SSSR count). The minimum absolute atomic E-state index is 0.136. The summed E-state index contributed by atoms with van der Waals surface area (Å²) < 4.78 is 109. The molecule has 6 aliphatic rings. The van der Waals surface area contributed by atoms with Crippen molar-refractivity contribution in [2.45, 2.75) is 196 Å². The average Bonchev–Trinajstić information content (AvgIpc) is 1.58. The van der Waals surface area contributed by atoms with Gasteiger partial charge in [0, 0.05) is 0 Å². The van der Waals surface area contributed by atoms with Gasteiger partial charge in [-0.15, -0.1) is 0 Å². The molecule has 0 aromatic carbocycles. The van der Waals surface area contributed by atoms with Crippen LogP contribution in [-0.4, -0.2) is 358 Å². The fourth-order valence-corrected chi connectivity index (χ4v) is 10.4. The molecule has 2 aliphatic carbocycles. The van der Waals surface area contributed by atoms with Gasteiger partial charge >= 0.3 is 20.8 Å². The van der Waals surface area contributed by atoms with E-state index in [1.807, 2.05) is 0 Å². The minimum atomic E-state index is -4.67. The smallest absolute Gasteiger partial charge is 0.394 e. The lowest BCUT2D eigenvalue weighted by molar-refractivity contribution is -0.318. The van der Waals surface area contributed by atoms with E-state index in [0.29, 0.717) is 0 Å². The van der Waals surface area contributed by atoms with Gasteiger partial charge in [0.25, 0.3) is 0 Å². The molecule has 2 saturated carbocycles. The number of rotatable bonds is 18. The third-order valence-electron chi connectivity index (χ3n) is 15.1. The highest BCUT2D eigenvalue weighted by Gasteiger charge is 2.63. The summed E-state index contributed by atoms with van der Waals surface area (Å²) in [6, 6.07) is -7.83. The summed E-state index contributed by atoms with van der Waals surface area (Å²) in [5.74, 6) is -2.55. The van der Waals surface area contributed by atoms with Gasteiger partial charge in [0.05, 0.1) is 80.5 Å². The van der Waals surface area contributed by atoms with Crippen LogP contribution in [0.4, 0.5) is 0 Å². The summed E-state index contributed by atoms with van der Waals surface area (Å²) in [6.45, 7) is 0.402. The molecular weight excluding hydrogens is 1280 g/mol. The molecular formula is C42H84N14O32S2. The molecule has 30 atom stereocenters. The van der Waals surface area contributed by atoms with Crippen LogP contribution in [0.3, 0.4) is 0 Å². The lowest BCUT2D eigenvalue weighted by atomic mass is 9.81. The van der Waals surface area contributed by atoms with E-state index >= 15 is 0 Å². The van der Waals surface area contributed by atoms with Crippen LogP contribution in [0.25, 0.3) is 0 Å². The van der Waals surface area contributed by atoms with E-state index in [1.165, 1.54) is 27.9 Å². The van der Waals surface area contributed by atoms with Gasteiger partial charge < -0.3 is 169 Å². The van der Waals surface area contributed by atoms with Gasteiger partial charge in [0.1, 0.15) is 91.1 Å². The van der Waals surface area contributed by atoms with Gasteiger partial charge in [-0.3, -0.25) is 44.6 Å². The Labute approximate surface area is 510 Å². The Morgan fingerprint density at radius 3 is 1.07 bits per heavy atom. The Bertz CT molecular complexity index is 2550. The summed E-state index contributed by atoms with van der Waals surface area (Å²) in [4.78, 5) is 12.1. The summed E-state index contributed by atoms with van der Waals surface area (Å²) in [5, 5.41) is 203. The average molecular weight is 1360 g/mol. The number of likely N-dealkylation sites (N-methyl/N-ethyl adjacent to an activating group) is 2. The van der Waals surface area contributed by atoms with Crippen LogP contribution in [0, 0.1) is 21.6 Å². The molecule has 0 aromatic rings. The van der Waals surface area contributed by atoms with Crippen LogP contribution >= 0.6 is 0 Å². The van der Waals surface area contributed by atoms with Crippen LogP contribution in [0.5, 0.6) is 0 Å². The zero-order valence-electron chi connectivity index (χ0n) is 47.8. The van der Waals surface area contributed by atoms with E-state index in [2.05, 4.69) is 31.9 Å². The van der Waals surface area contributed by atoms with Crippen molar-refractivity contribution in [1.82, 2.24) is 31.9 Å². The molecule has 4 saturated heterocycles. The minimum Gasteiger partial charge on any atom is -0.394 e. The first-order valence-electron chi connectivity index (χ1n) is 26.4. The van der Waals surface area contributed by atoms with E-state index in [9.17, 15) is 81.4 Å². The van der Waals surface area contributed by atoms with Gasteiger partial charge in [-0.05, 0) is 27.9 Å². The molecule has 0 aromatic heterocycles. The fourth-order valence-electron chi connectivity index (χ4n) is 10.4. The first-order chi connectivity index (χ1) is 41.4. The topological polar surface area (TPSA) is 815 Å². The second-order valence-electron chi connectivity index (χ2n) is 21.0. The van der Waals surface area contributed by atoms with Crippen molar-refractivity contribution >= 4 is 50.9 Å². The maximum absolute atomic E-state index is 12.1. The van der Waals surface area contributed by atoms with Crippen molar-refractivity contribution < 1.29 is 154 Å². The van der Waals surface area contributed by atoms with Gasteiger partial charge in [0.15, 0.2) is 60.9 Å². The predicted octanol–water partition coefficient (Wildman–Crippen LogP) is -17.0. The van der Waals surface area contributed by atoms with Gasteiger partial charge in [0.2, 0.25) is 0 Å². The monoisotopic (exact) mass is 1360 g/mol. The highest BCUT2D eigenvalue weighted by molar-refractivity contribution is 7.80. The van der Waals surface area contributed by atoms with Crippen LogP contribution in [0.2, 0.25) is 0 Å². The highest BCUT2D eigenvalue weighted by Crippen LogP contribution is 2.40. The number of nitrogens with two attached hydrogens (primary N) is 4.